The third-order valence-corrected chi connectivity index (χ3v) is 11.3. The maximum Gasteiger partial charge on any atom is 0.251 e. The normalized spacial score (nSPS) is 10.7. The Hall–Kier alpha value is -8.76. The summed E-state index contributed by atoms with van der Waals surface area (Å²) in [5, 5.41) is 8.45. The Bertz CT molecular complexity index is 2620. The highest BCUT2D eigenvalue weighted by atomic mass is 16.5. The molecule has 0 aliphatic heterocycles. The number of benzene rings is 7. The van der Waals surface area contributed by atoms with Crippen LogP contribution < -0.4 is 30.2 Å². The van der Waals surface area contributed by atoms with Gasteiger partial charge in [0, 0.05) is 87.9 Å². The number of ether oxygens (including phenoxy) is 6. The van der Waals surface area contributed by atoms with E-state index in [0.717, 1.165) is 0 Å². The summed E-state index contributed by atoms with van der Waals surface area (Å²) in [5.74, 6) is 0.129. The van der Waals surface area contributed by atoms with Gasteiger partial charge < -0.3 is 44.4 Å². The van der Waals surface area contributed by atoms with Crippen LogP contribution in [0.5, 0.6) is 17.2 Å². The number of hydrogen-bond donors (Lipinski definition) is 3. The van der Waals surface area contributed by atoms with Crippen LogP contribution in [0.15, 0.2) is 182 Å². The molecule has 7 aromatic rings. The van der Waals surface area contributed by atoms with Gasteiger partial charge in [0.15, 0.2) is 17.3 Å². The zero-order valence-electron chi connectivity index (χ0n) is 41.2. The summed E-state index contributed by atoms with van der Waals surface area (Å²) in [4.78, 5) is 76.3. The van der Waals surface area contributed by atoms with Gasteiger partial charge in [-0.2, -0.15) is 0 Å². The van der Waals surface area contributed by atoms with Crippen LogP contribution in [0, 0.1) is 0 Å². The summed E-state index contributed by atoms with van der Waals surface area (Å²) in [6, 6.07) is 51.4. The van der Waals surface area contributed by atoms with Crippen molar-refractivity contribution in [3.63, 3.8) is 0 Å². The van der Waals surface area contributed by atoms with Crippen molar-refractivity contribution >= 4 is 35.1 Å². The number of amides is 3. The van der Waals surface area contributed by atoms with Crippen molar-refractivity contribution in [1.82, 2.24) is 16.0 Å². The second-order valence-corrected chi connectivity index (χ2v) is 16.6. The molecular weight excluding hydrogens is 955 g/mol. The molecule has 15 nitrogen and oxygen atoms in total. The molecule has 0 aromatic heterocycles. The molecule has 0 radical (unpaired) electrons. The van der Waals surface area contributed by atoms with E-state index in [9.17, 15) is 28.8 Å². The van der Waals surface area contributed by atoms with Gasteiger partial charge in [0.25, 0.3) is 17.7 Å². The van der Waals surface area contributed by atoms with E-state index in [1.54, 1.807) is 164 Å². The van der Waals surface area contributed by atoms with E-state index in [4.69, 9.17) is 28.4 Å². The zero-order valence-corrected chi connectivity index (χ0v) is 41.2. The third-order valence-electron chi connectivity index (χ3n) is 11.3. The van der Waals surface area contributed by atoms with Gasteiger partial charge in [0.2, 0.25) is 0 Å². The van der Waals surface area contributed by atoms with Crippen molar-refractivity contribution in [3.05, 3.63) is 232 Å². The predicted molar refractivity (Wildman–Crippen MR) is 281 cm³/mol. The highest BCUT2D eigenvalue weighted by Gasteiger charge is 2.14. The minimum Gasteiger partial charge on any atom is -0.491 e. The molecule has 0 atom stereocenters. The predicted octanol–water partition coefficient (Wildman–Crippen LogP) is 7.86. The lowest BCUT2D eigenvalue weighted by molar-refractivity contribution is 0.0855. The van der Waals surface area contributed by atoms with E-state index in [1.807, 2.05) is 18.2 Å². The van der Waals surface area contributed by atoms with Crippen LogP contribution >= 0.6 is 0 Å². The number of rotatable bonds is 30. The molecule has 0 saturated heterocycles. The maximum absolute atomic E-state index is 12.7. The topological polar surface area (TPSA) is 194 Å². The summed E-state index contributed by atoms with van der Waals surface area (Å²) < 4.78 is 35.1. The Morgan fingerprint density at radius 1 is 0.267 bits per heavy atom. The van der Waals surface area contributed by atoms with Crippen LogP contribution in [0.1, 0.15) is 78.8 Å². The lowest BCUT2D eigenvalue weighted by Crippen LogP contribution is -2.27. The molecule has 0 heterocycles. The molecule has 7 aromatic carbocycles. The monoisotopic (exact) mass is 1010 g/mol. The van der Waals surface area contributed by atoms with E-state index in [-0.39, 0.29) is 114 Å². The van der Waals surface area contributed by atoms with Gasteiger partial charge in [0.05, 0.1) is 39.6 Å². The molecule has 0 bridgehead atoms. The number of ketones is 3. The van der Waals surface area contributed by atoms with Crippen LogP contribution in [0.25, 0.3) is 0 Å². The fraction of sp³-hybridized carbons (Fsp3) is 0.200. The fourth-order valence-electron chi connectivity index (χ4n) is 7.36. The molecule has 0 spiro atoms. The Balaban J connectivity index is 0.815. The molecule has 15 heteroatoms. The van der Waals surface area contributed by atoms with Crippen molar-refractivity contribution in [2.45, 2.75) is 0 Å². The molecule has 0 aliphatic rings. The summed E-state index contributed by atoms with van der Waals surface area (Å²) in [5.41, 5.74) is 4.45. The van der Waals surface area contributed by atoms with Gasteiger partial charge in [-0.05, 0) is 36.4 Å². The van der Waals surface area contributed by atoms with Crippen LogP contribution in [0.3, 0.4) is 0 Å². The first-order chi connectivity index (χ1) is 36.7. The average Bonchev–Trinajstić information content (AvgIpc) is 3.46. The summed E-state index contributed by atoms with van der Waals surface area (Å²) in [7, 11) is 0. The molecule has 384 valence electrons. The van der Waals surface area contributed by atoms with Crippen LogP contribution in [-0.2, 0) is 14.2 Å². The second kappa shape index (κ2) is 29.1. The van der Waals surface area contributed by atoms with Crippen molar-refractivity contribution in [3.8, 4) is 17.2 Å². The van der Waals surface area contributed by atoms with E-state index in [0.29, 0.717) is 67.3 Å². The first kappa shape index (κ1) is 54.0. The summed E-state index contributed by atoms with van der Waals surface area (Å²) in [6.07, 6.45) is 0. The van der Waals surface area contributed by atoms with E-state index >= 15 is 0 Å². The Kier molecular flexibility index (Phi) is 20.9. The van der Waals surface area contributed by atoms with Crippen LogP contribution in [-0.4, -0.2) is 114 Å². The van der Waals surface area contributed by atoms with Gasteiger partial charge in [-0.1, -0.05) is 127 Å². The lowest BCUT2D eigenvalue weighted by atomic mass is 10.0. The average molecular weight is 1010 g/mol. The highest BCUT2D eigenvalue weighted by molar-refractivity contribution is 6.11. The standard InChI is InChI=1S/C60H57N3O12/c64-55(43-10-4-1-5-11-43)46-16-22-49(23-17-46)58(67)61-28-31-70-34-37-73-52-40-53(74-38-35-71-32-29-62-59(68)50-24-18-47(19-25-50)56(65)44-12-6-2-7-13-44)42-54(41-52)75-39-36-72-33-30-63-60(69)51-26-20-48(21-27-51)57(66)45-14-8-3-9-15-45/h1-27,40-42H,28-39H2,(H,61,67)(H,62,68)(H,63,69). The zero-order chi connectivity index (χ0) is 52.5. The minimum absolute atomic E-state index is 0.121. The highest BCUT2D eigenvalue weighted by Crippen LogP contribution is 2.28. The Labute approximate surface area is 435 Å². The molecule has 0 aliphatic carbocycles. The summed E-state index contributed by atoms with van der Waals surface area (Å²) >= 11 is 0. The Morgan fingerprint density at radius 2 is 0.493 bits per heavy atom. The van der Waals surface area contributed by atoms with Gasteiger partial charge in [-0.3, -0.25) is 28.8 Å². The quantitative estimate of drug-likeness (QED) is 0.0292. The minimum atomic E-state index is -0.290. The number of carbonyl (C=O) groups is 6. The SMILES string of the molecule is O=C(NCCOCCOc1cc(OCCOCCNC(=O)c2ccc(C(=O)c3ccccc3)cc2)cc(OCCOCCNC(=O)c2ccc(C(=O)c3ccccc3)cc2)c1)c1ccc(C(=O)c2ccccc2)cc1. The Morgan fingerprint density at radius 3 is 0.747 bits per heavy atom. The lowest BCUT2D eigenvalue weighted by Gasteiger charge is -2.14. The maximum atomic E-state index is 12.7. The van der Waals surface area contributed by atoms with Crippen molar-refractivity contribution in [1.29, 1.82) is 0 Å². The molecule has 0 saturated carbocycles. The molecular formula is C60H57N3O12. The van der Waals surface area contributed by atoms with Gasteiger partial charge in [-0.25, -0.2) is 0 Å². The molecule has 0 fully saturated rings. The molecule has 3 N–H and O–H groups in total. The van der Waals surface area contributed by atoms with E-state index < -0.39 is 0 Å². The van der Waals surface area contributed by atoms with Gasteiger partial charge in [0.1, 0.15) is 37.1 Å². The van der Waals surface area contributed by atoms with Crippen molar-refractivity contribution in [2.24, 2.45) is 0 Å². The molecule has 7 rings (SSSR count). The van der Waals surface area contributed by atoms with Crippen molar-refractivity contribution in [2.75, 3.05) is 79.1 Å². The number of nitrogens with one attached hydrogen (secondary N) is 3. The number of hydrogen-bond acceptors (Lipinski definition) is 12. The van der Waals surface area contributed by atoms with Gasteiger partial charge >= 0.3 is 0 Å². The molecule has 75 heavy (non-hydrogen) atoms. The van der Waals surface area contributed by atoms with Crippen LogP contribution in [0.2, 0.25) is 0 Å². The fourth-order valence-corrected chi connectivity index (χ4v) is 7.36. The second-order valence-electron chi connectivity index (χ2n) is 16.6. The first-order valence-corrected chi connectivity index (χ1v) is 24.4. The first-order valence-electron chi connectivity index (χ1n) is 24.4. The van der Waals surface area contributed by atoms with Crippen molar-refractivity contribution < 1.29 is 57.2 Å². The van der Waals surface area contributed by atoms with E-state index in [2.05, 4.69) is 16.0 Å². The van der Waals surface area contributed by atoms with Crippen LogP contribution in [0.4, 0.5) is 0 Å². The largest absolute Gasteiger partial charge is 0.491 e. The molecule has 3 amide bonds. The third kappa shape index (κ3) is 17.2. The van der Waals surface area contributed by atoms with Gasteiger partial charge in [-0.15, -0.1) is 0 Å². The molecule has 0 unspecified atom stereocenters. The van der Waals surface area contributed by atoms with E-state index in [1.165, 1.54) is 0 Å². The summed E-state index contributed by atoms with van der Waals surface area (Å²) in [6.45, 7) is 2.70. The number of carbonyl (C=O) groups excluding carboxylic acids is 6. The smallest absolute Gasteiger partial charge is 0.251 e.